The Hall–Kier alpha value is -2.44. The SMILES string of the molecule is COC1CN(c2nc3ccccc3cc2-c2ncc(C)o2)CCC1NC1CCCCC1. The predicted molar refractivity (Wildman–Crippen MR) is 123 cm³/mol. The zero-order valence-corrected chi connectivity index (χ0v) is 18.5. The Morgan fingerprint density at radius 2 is 1.97 bits per heavy atom. The van der Waals surface area contributed by atoms with Gasteiger partial charge in [-0.1, -0.05) is 37.5 Å². The van der Waals surface area contributed by atoms with E-state index >= 15 is 0 Å². The van der Waals surface area contributed by atoms with Crippen LogP contribution in [0.1, 0.15) is 44.3 Å². The van der Waals surface area contributed by atoms with Gasteiger partial charge in [-0.15, -0.1) is 0 Å². The molecule has 2 aromatic heterocycles. The standard InChI is InChI=1S/C25H32N4O2/c1-17-15-26-25(31-17)20-14-18-8-6-7-11-21(18)28-24(20)29-13-12-22(23(16-29)30-2)27-19-9-4-3-5-10-19/h6-8,11,14-15,19,22-23,27H,3-5,9-10,12-13,16H2,1-2H3. The highest BCUT2D eigenvalue weighted by molar-refractivity contribution is 5.88. The maximum absolute atomic E-state index is 5.96. The molecule has 2 unspecified atom stereocenters. The van der Waals surface area contributed by atoms with E-state index < -0.39 is 0 Å². The molecule has 2 atom stereocenters. The highest BCUT2D eigenvalue weighted by atomic mass is 16.5. The van der Waals surface area contributed by atoms with E-state index in [1.807, 2.05) is 26.2 Å². The van der Waals surface area contributed by atoms with Gasteiger partial charge >= 0.3 is 0 Å². The molecule has 3 aromatic rings. The van der Waals surface area contributed by atoms with Crippen LogP contribution in [-0.2, 0) is 4.74 Å². The molecule has 1 saturated carbocycles. The Morgan fingerprint density at radius 1 is 1.13 bits per heavy atom. The number of nitrogens with zero attached hydrogens (tertiary/aromatic N) is 3. The van der Waals surface area contributed by atoms with E-state index in [2.05, 4.69) is 33.4 Å². The first-order chi connectivity index (χ1) is 15.2. The van der Waals surface area contributed by atoms with Crippen LogP contribution >= 0.6 is 0 Å². The molecule has 164 valence electrons. The fourth-order valence-electron chi connectivity index (χ4n) is 5.09. The number of rotatable bonds is 5. The lowest BCUT2D eigenvalue weighted by Gasteiger charge is -2.41. The molecule has 1 aromatic carbocycles. The van der Waals surface area contributed by atoms with Crippen LogP contribution in [0.15, 0.2) is 40.9 Å². The molecule has 3 heterocycles. The quantitative estimate of drug-likeness (QED) is 0.645. The summed E-state index contributed by atoms with van der Waals surface area (Å²) in [7, 11) is 1.83. The fourth-order valence-corrected chi connectivity index (χ4v) is 5.09. The van der Waals surface area contributed by atoms with Crippen LogP contribution in [0, 0.1) is 6.92 Å². The van der Waals surface area contributed by atoms with Crippen LogP contribution < -0.4 is 10.2 Å². The number of hydrogen-bond donors (Lipinski definition) is 1. The summed E-state index contributed by atoms with van der Waals surface area (Å²) in [5.74, 6) is 2.36. The summed E-state index contributed by atoms with van der Waals surface area (Å²) in [5.41, 5.74) is 1.93. The average Bonchev–Trinajstić information content (AvgIpc) is 3.25. The third-order valence-corrected chi connectivity index (χ3v) is 6.77. The number of pyridine rings is 1. The van der Waals surface area contributed by atoms with Crippen LogP contribution in [0.3, 0.4) is 0 Å². The van der Waals surface area contributed by atoms with Gasteiger partial charge in [0, 0.05) is 37.7 Å². The second kappa shape index (κ2) is 8.97. The molecule has 1 N–H and O–H groups in total. The van der Waals surface area contributed by atoms with E-state index in [1.165, 1.54) is 32.1 Å². The lowest BCUT2D eigenvalue weighted by molar-refractivity contribution is 0.0534. The van der Waals surface area contributed by atoms with Gasteiger partial charge in [-0.05, 0) is 38.3 Å². The van der Waals surface area contributed by atoms with Gasteiger partial charge in [0.15, 0.2) is 0 Å². The van der Waals surface area contributed by atoms with Crippen molar-refractivity contribution in [1.82, 2.24) is 15.3 Å². The van der Waals surface area contributed by atoms with Crippen LogP contribution in [0.25, 0.3) is 22.4 Å². The number of para-hydroxylation sites is 1. The van der Waals surface area contributed by atoms with Crippen molar-refractivity contribution in [3.05, 3.63) is 42.3 Å². The molecule has 6 nitrogen and oxygen atoms in total. The lowest BCUT2D eigenvalue weighted by Crippen LogP contribution is -2.56. The molecule has 5 rings (SSSR count). The Labute approximate surface area is 184 Å². The van der Waals surface area contributed by atoms with Gasteiger partial charge in [-0.3, -0.25) is 0 Å². The van der Waals surface area contributed by atoms with Gasteiger partial charge in [0.2, 0.25) is 5.89 Å². The fraction of sp³-hybridized carbons (Fsp3) is 0.520. The topological polar surface area (TPSA) is 63.4 Å². The minimum atomic E-state index is 0.128. The molecule has 31 heavy (non-hydrogen) atoms. The summed E-state index contributed by atoms with van der Waals surface area (Å²) in [4.78, 5) is 11.9. The molecular weight excluding hydrogens is 388 g/mol. The Morgan fingerprint density at radius 3 is 2.74 bits per heavy atom. The Bertz CT molecular complexity index is 1030. The Kier molecular flexibility index (Phi) is 5.92. The number of nitrogens with one attached hydrogen (secondary N) is 1. The molecular formula is C25H32N4O2. The van der Waals surface area contributed by atoms with Gasteiger partial charge in [-0.25, -0.2) is 9.97 Å². The van der Waals surface area contributed by atoms with Crippen molar-refractivity contribution in [3.63, 3.8) is 0 Å². The second-order valence-electron chi connectivity index (χ2n) is 8.95. The molecule has 2 fully saturated rings. The first-order valence-electron chi connectivity index (χ1n) is 11.6. The number of benzene rings is 1. The maximum Gasteiger partial charge on any atom is 0.229 e. The van der Waals surface area contributed by atoms with Crippen LogP contribution in [0.5, 0.6) is 0 Å². The number of fused-ring (bicyclic) bond motifs is 1. The van der Waals surface area contributed by atoms with Gasteiger partial charge in [0.1, 0.15) is 11.6 Å². The summed E-state index contributed by atoms with van der Waals surface area (Å²) in [6.45, 7) is 3.66. The van der Waals surface area contributed by atoms with E-state index in [-0.39, 0.29) is 6.10 Å². The van der Waals surface area contributed by atoms with Gasteiger partial charge in [0.05, 0.1) is 23.4 Å². The normalized spacial score (nSPS) is 22.8. The molecule has 1 aliphatic carbocycles. The Balaban J connectivity index is 1.43. The number of piperidine rings is 1. The number of aromatic nitrogens is 2. The average molecular weight is 421 g/mol. The molecule has 0 spiro atoms. The molecule has 0 radical (unpaired) electrons. The van der Waals surface area contributed by atoms with Crippen molar-refractivity contribution in [2.24, 2.45) is 0 Å². The summed E-state index contributed by atoms with van der Waals surface area (Å²) >= 11 is 0. The van der Waals surface area contributed by atoms with Crippen LogP contribution in [0.2, 0.25) is 0 Å². The molecule has 1 saturated heterocycles. The largest absolute Gasteiger partial charge is 0.441 e. The van der Waals surface area contributed by atoms with Crippen molar-refractivity contribution in [2.75, 3.05) is 25.1 Å². The van der Waals surface area contributed by atoms with Gasteiger partial charge < -0.3 is 19.4 Å². The molecule has 0 bridgehead atoms. The third kappa shape index (κ3) is 4.32. The summed E-state index contributed by atoms with van der Waals surface area (Å²) in [5, 5.41) is 5.00. The number of aryl methyl sites for hydroxylation is 1. The van der Waals surface area contributed by atoms with E-state index in [4.69, 9.17) is 14.1 Å². The molecule has 1 aliphatic heterocycles. The molecule has 2 aliphatic rings. The monoisotopic (exact) mass is 420 g/mol. The molecule has 0 amide bonds. The highest BCUT2D eigenvalue weighted by Crippen LogP contribution is 2.34. The maximum atomic E-state index is 5.96. The zero-order chi connectivity index (χ0) is 21.2. The summed E-state index contributed by atoms with van der Waals surface area (Å²) < 4.78 is 11.9. The van der Waals surface area contributed by atoms with Crippen molar-refractivity contribution in [2.45, 2.75) is 63.6 Å². The van der Waals surface area contributed by atoms with Crippen LogP contribution in [0.4, 0.5) is 5.82 Å². The number of hydrogen-bond acceptors (Lipinski definition) is 6. The van der Waals surface area contributed by atoms with Crippen molar-refractivity contribution >= 4 is 16.7 Å². The van der Waals surface area contributed by atoms with Gasteiger partial charge in [0.25, 0.3) is 0 Å². The first kappa shape index (κ1) is 20.5. The zero-order valence-electron chi connectivity index (χ0n) is 18.5. The van der Waals surface area contributed by atoms with E-state index in [0.717, 1.165) is 47.6 Å². The van der Waals surface area contributed by atoms with E-state index in [9.17, 15) is 0 Å². The van der Waals surface area contributed by atoms with Crippen LogP contribution in [-0.4, -0.2) is 48.4 Å². The minimum absolute atomic E-state index is 0.128. The second-order valence-corrected chi connectivity index (χ2v) is 8.95. The van der Waals surface area contributed by atoms with E-state index in [1.54, 1.807) is 6.20 Å². The first-order valence-corrected chi connectivity index (χ1v) is 11.6. The van der Waals surface area contributed by atoms with E-state index in [0.29, 0.717) is 18.0 Å². The molecule has 6 heteroatoms. The lowest BCUT2D eigenvalue weighted by atomic mass is 9.92. The predicted octanol–water partition coefficient (Wildman–Crippen LogP) is 4.71. The third-order valence-electron chi connectivity index (χ3n) is 6.77. The summed E-state index contributed by atoms with van der Waals surface area (Å²) in [6, 6.07) is 11.4. The highest BCUT2D eigenvalue weighted by Gasteiger charge is 2.33. The number of ether oxygens (including phenoxy) is 1. The van der Waals surface area contributed by atoms with Crippen molar-refractivity contribution in [1.29, 1.82) is 0 Å². The van der Waals surface area contributed by atoms with Crippen molar-refractivity contribution < 1.29 is 9.15 Å². The minimum Gasteiger partial charge on any atom is -0.441 e. The van der Waals surface area contributed by atoms with Gasteiger partial charge in [-0.2, -0.15) is 0 Å². The van der Waals surface area contributed by atoms with Crippen molar-refractivity contribution in [3.8, 4) is 11.5 Å². The summed E-state index contributed by atoms with van der Waals surface area (Å²) in [6.07, 6.45) is 9.57. The number of anilines is 1. The number of methoxy groups -OCH3 is 1. The number of oxazole rings is 1. The smallest absolute Gasteiger partial charge is 0.229 e.